The van der Waals surface area contributed by atoms with Crippen molar-refractivity contribution in [3.05, 3.63) is 94.1 Å². The average Bonchev–Trinajstić information content (AvgIpc) is 2.81. The number of para-hydroxylation sites is 1. The van der Waals surface area contributed by atoms with Crippen LogP contribution in [-0.4, -0.2) is 21.7 Å². The third-order valence-corrected chi connectivity index (χ3v) is 5.56. The number of ether oxygens (including phenoxy) is 1. The Morgan fingerprint density at radius 2 is 1.59 bits per heavy atom. The normalized spacial score (nSPS) is 10.7. The Morgan fingerprint density at radius 1 is 0.969 bits per heavy atom. The van der Waals surface area contributed by atoms with Crippen molar-refractivity contribution in [2.75, 3.05) is 6.61 Å². The SMILES string of the molecule is C=C(C)C(=O)OCCCCCCn1c(=O)c(-c2ccccc2)cn(-c2ccccc2)c1=S. The van der Waals surface area contributed by atoms with Crippen molar-refractivity contribution >= 4 is 18.2 Å². The van der Waals surface area contributed by atoms with Crippen molar-refractivity contribution < 1.29 is 9.53 Å². The number of unbranched alkanes of at least 4 members (excludes halogenated alkanes) is 3. The van der Waals surface area contributed by atoms with Crippen LogP contribution in [0.2, 0.25) is 0 Å². The fraction of sp³-hybridized carbons (Fsp3) is 0.269. The molecular formula is C26H28N2O3S. The van der Waals surface area contributed by atoms with Gasteiger partial charge in [-0.3, -0.25) is 13.9 Å². The molecule has 6 heteroatoms. The Labute approximate surface area is 193 Å². The molecule has 166 valence electrons. The van der Waals surface area contributed by atoms with E-state index in [1.54, 1.807) is 11.5 Å². The highest BCUT2D eigenvalue weighted by Crippen LogP contribution is 2.18. The second kappa shape index (κ2) is 11.4. The van der Waals surface area contributed by atoms with E-state index in [4.69, 9.17) is 17.0 Å². The lowest BCUT2D eigenvalue weighted by Gasteiger charge is -2.15. The molecule has 1 aromatic heterocycles. The number of hydrogen-bond acceptors (Lipinski definition) is 4. The first-order valence-corrected chi connectivity index (χ1v) is 11.2. The van der Waals surface area contributed by atoms with Crippen LogP contribution in [0, 0.1) is 4.77 Å². The maximum absolute atomic E-state index is 13.3. The van der Waals surface area contributed by atoms with Gasteiger partial charge < -0.3 is 4.74 Å². The second-order valence-corrected chi connectivity index (χ2v) is 8.05. The van der Waals surface area contributed by atoms with Gasteiger partial charge in [-0.1, -0.05) is 61.5 Å². The van der Waals surface area contributed by atoms with Gasteiger partial charge >= 0.3 is 5.97 Å². The molecule has 3 aromatic rings. The number of rotatable bonds is 10. The summed E-state index contributed by atoms with van der Waals surface area (Å²) >= 11 is 5.70. The first-order valence-electron chi connectivity index (χ1n) is 10.8. The van der Waals surface area contributed by atoms with E-state index < -0.39 is 0 Å². The van der Waals surface area contributed by atoms with E-state index >= 15 is 0 Å². The van der Waals surface area contributed by atoms with E-state index in [0.717, 1.165) is 36.9 Å². The number of benzene rings is 2. The molecule has 0 amide bonds. The predicted octanol–water partition coefficient (Wildman–Crippen LogP) is 5.72. The lowest BCUT2D eigenvalue weighted by Crippen LogP contribution is -2.26. The van der Waals surface area contributed by atoms with Gasteiger partial charge in [0.05, 0.1) is 12.2 Å². The minimum Gasteiger partial charge on any atom is -0.462 e. The molecule has 0 N–H and O–H groups in total. The van der Waals surface area contributed by atoms with Gasteiger partial charge in [-0.2, -0.15) is 0 Å². The number of carbonyl (C=O) groups is 1. The lowest BCUT2D eigenvalue weighted by atomic mass is 10.1. The molecule has 0 bridgehead atoms. The molecule has 5 nitrogen and oxygen atoms in total. The number of nitrogens with zero attached hydrogens (tertiary/aromatic N) is 2. The fourth-order valence-corrected chi connectivity index (χ4v) is 3.73. The maximum atomic E-state index is 13.3. The van der Waals surface area contributed by atoms with Crippen molar-refractivity contribution in [2.45, 2.75) is 39.2 Å². The third kappa shape index (κ3) is 5.92. The first-order chi connectivity index (χ1) is 15.5. The fourth-order valence-electron chi connectivity index (χ4n) is 3.40. The van der Waals surface area contributed by atoms with Crippen LogP contribution in [0.15, 0.2) is 83.8 Å². The number of esters is 1. The monoisotopic (exact) mass is 448 g/mol. The van der Waals surface area contributed by atoms with Gasteiger partial charge in [0.2, 0.25) is 0 Å². The van der Waals surface area contributed by atoms with E-state index in [9.17, 15) is 9.59 Å². The molecule has 0 spiro atoms. The molecular weight excluding hydrogens is 420 g/mol. The molecule has 3 rings (SSSR count). The molecule has 0 unspecified atom stereocenters. The molecule has 0 saturated heterocycles. The number of aromatic nitrogens is 2. The minimum absolute atomic E-state index is 0.0798. The van der Waals surface area contributed by atoms with E-state index in [-0.39, 0.29) is 11.5 Å². The lowest BCUT2D eigenvalue weighted by molar-refractivity contribution is -0.139. The van der Waals surface area contributed by atoms with Crippen molar-refractivity contribution in [1.82, 2.24) is 9.13 Å². The molecule has 0 saturated carbocycles. The van der Waals surface area contributed by atoms with Crippen molar-refractivity contribution in [3.63, 3.8) is 0 Å². The third-order valence-electron chi connectivity index (χ3n) is 5.15. The molecule has 0 atom stereocenters. The summed E-state index contributed by atoms with van der Waals surface area (Å²) in [6.45, 7) is 6.13. The zero-order valence-corrected chi connectivity index (χ0v) is 19.1. The highest BCUT2D eigenvalue weighted by Gasteiger charge is 2.12. The number of hydrogen-bond donors (Lipinski definition) is 0. The van der Waals surface area contributed by atoms with E-state index in [1.807, 2.05) is 71.4 Å². The van der Waals surface area contributed by atoms with E-state index in [1.165, 1.54) is 0 Å². The average molecular weight is 449 g/mol. The van der Waals surface area contributed by atoms with Crippen molar-refractivity contribution in [3.8, 4) is 16.8 Å². The summed E-state index contributed by atoms with van der Waals surface area (Å²) in [6, 6.07) is 19.5. The van der Waals surface area contributed by atoms with Gasteiger partial charge in [-0.05, 0) is 56.1 Å². The molecule has 1 heterocycles. The Hall–Kier alpha value is -3.25. The summed E-state index contributed by atoms with van der Waals surface area (Å²) in [4.78, 5) is 24.7. The largest absolute Gasteiger partial charge is 0.462 e. The molecule has 2 aromatic carbocycles. The van der Waals surface area contributed by atoms with Gasteiger partial charge in [0.15, 0.2) is 4.77 Å². The highest BCUT2D eigenvalue weighted by atomic mass is 32.1. The van der Waals surface area contributed by atoms with Crippen LogP contribution in [0.5, 0.6) is 0 Å². The predicted molar refractivity (Wildman–Crippen MR) is 131 cm³/mol. The second-order valence-electron chi connectivity index (χ2n) is 7.68. The van der Waals surface area contributed by atoms with Crippen LogP contribution in [0.4, 0.5) is 0 Å². The van der Waals surface area contributed by atoms with Gasteiger partial charge in [-0.15, -0.1) is 0 Å². The molecule has 0 aliphatic carbocycles. The summed E-state index contributed by atoms with van der Waals surface area (Å²) < 4.78 is 9.19. The topological polar surface area (TPSA) is 53.2 Å². The van der Waals surface area contributed by atoms with Crippen molar-refractivity contribution in [1.29, 1.82) is 0 Å². The van der Waals surface area contributed by atoms with Gasteiger partial charge in [-0.25, -0.2) is 4.79 Å². The quantitative estimate of drug-likeness (QED) is 0.172. The Kier molecular flexibility index (Phi) is 8.34. The van der Waals surface area contributed by atoms with Crippen LogP contribution < -0.4 is 5.56 Å². The van der Waals surface area contributed by atoms with E-state index in [2.05, 4.69) is 6.58 Å². The van der Waals surface area contributed by atoms with Crippen LogP contribution in [-0.2, 0) is 16.1 Å². The molecule has 0 radical (unpaired) electrons. The smallest absolute Gasteiger partial charge is 0.333 e. The van der Waals surface area contributed by atoms with E-state index in [0.29, 0.717) is 29.1 Å². The summed E-state index contributed by atoms with van der Waals surface area (Å²) in [6.07, 6.45) is 5.24. The standard InChI is InChI=1S/C26H28N2O3S/c1-20(2)25(30)31-18-12-4-3-11-17-27-24(29)23(21-13-7-5-8-14-21)19-28(26(27)32)22-15-9-6-10-16-22/h5-10,13-16,19H,1,3-4,11-12,17-18H2,2H3. The first kappa shape index (κ1) is 23.4. The van der Waals surface area contributed by atoms with Crippen LogP contribution in [0.25, 0.3) is 16.8 Å². The summed E-state index contributed by atoms with van der Waals surface area (Å²) in [5.74, 6) is -0.351. The molecule has 0 fully saturated rings. The van der Waals surface area contributed by atoms with Crippen LogP contribution in [0.3, 0.4) is 0 Å². The van der Waals surface area contributed by atoms with Crippen LogP contribution in [0.1, 0.15) is 32.6 Å². The summed E-state index contributed by atoms with van der Waals surface area (Å²) in [5, 5.41) is 0. The van der Waals surface area contributed by atoms with Gasteiger partial charge in [0.1, 0.15) is 0 Å². The Balaban J connectivity index is 1.76. The zero-order valence-electron chi connectivity index (χ0n) is 18.3. The zero-order chi connectivity index (χ0) is 22.9. The van der Waals surface area contributed by atoms with Gasteiger partial charge in [0, 0.05) is 24.0 Å². The highest BCUT2D eigenvalue weighted by molar-refractivity contribution is 7.71. The van der Waals surface area contributed by atoms with Crippen molar-refractivity contribution in [2.24, 2.45) is 0 Å². The summed E-state index contributed by atoms with van der Waals surface area (Å²) in [5.41, 5.74) is 2.74. The molecule has 32 heavy (non-hydrogen) atoms. The Bertz CT molecular complexity index is 1110. The molecule has 0 aliphatic rings. The maximum Gasteiger partial charge on any atom is 0.333 e. The van der Waals surface area contributed by atoms with Gasteiger partial charge in [0.25, 0.3) is 5.56 Å². The molecule has 0 aliphatic heterocycles. The Morgan fingerprint density at radius 3 is 2.25 bits per heavy atom. The minimum atomic E-state index is -0.351. The number of carbonyl (C=O) groups excluding carboxylic acids is 1. The summed E-state index contributed by atoms with van der Waals surface area (Å²) in [7, 11) is 0. The van der Waals surface area contributed by atoms with Crippen LogP contribution >= 0.6 is 12.2 Å².